The average molecular weight is 222 g/mol. The fraction of sp³-hybridized carbons (Fsp3) is 0.538. The highest BCUT2D eigenvalue weighted by molar-refractivity contribution is 5.51. The van der Waals surface area contributed by atoms with Crippen LogP contribution < -0.4 is 9.47 Å². The SMILES string of the molecule is CCc1cc(OC)c2c(c1)[C@H](O)CCCO2. The van der Waals surface area contributed by atoms with Crippen molar-refractivity contribution in [3.63, 3.8) is 0 Å². The Kier molecular flexibility index (Phi) is 3.34. The van der Waals surface area contributed by atoms with E-state index in [0.29, 0.717) is 12.4 Å². The molecule has 16 heavy (non-hydrogen) atoms. The van der Waals surface area contributed by atoms with E-state index >= 15 is 0 Å². The second-order valence-electron chi connectivity index (χ2n) is 4.08. The Balaban J connectivity index is 2.51. The van der Waals surface area contributed by atoms with Gasteiger partial charge in [-0.15, -0.1) is 0 Å². The molecule has 0 spiro atoms. The predicted octanol–water partition coefficient (Wildman–Crippen LogP) is 2.46. The van der Waals surface area contributed by atoms with Gasteiger partial charge in [0.25, 0.3) is 0 Å². The normalized spacial score (nSPS) is 19.6. The number of hydrogen-bond donors (Lipinski definition) is 1. The van der Waals surface area contributed by atoms with E-state index in [0.717, 1.165) is 30.6 Å². The van der Waals surface area contributed by atoms with Crippen molar-refractivity contribution >= 4 is 0 Å². The summed E-state index contributed by atoms with van der Waals surface area (Å²) in [4.78, 5) is 0. The van der Waals surface area contributed by atoms with Crippen LogP contribution in [0.25, 0.3) is 0 Å². The number of aryl methyl sites for hydroxylation is 1. The maximum absolute atomic E-state index is 10.0. The summed E-state index contributed by atoms with van der Waals surface area (Å²) in [5.41, 5.74) is 2.04. The molecular weight excluding hydrogens is 204 g/mol. The van der Waals surface area contributed by atoms with Crippen LogP contribution in [0.2, 0.25) is 0 Å². The Morgan fingerprint density at radius 1 is 1.50 bits per heavy atom. The Bertz CT molecular complexity index is 374. The second-order valence-corrected chi connectivity index (χ2v) is 4.08. The van der Waals surface area contributed by atoms with Crippen LogP contribution in [-0.4, -0.2) is 18.8 Å². The molecule has 1 aromatic carbocycles. The Labute approximate surface area is 96.0 Å². The van der Waals surface area contributed by atoms with Crippen LogP contribution in [0.4, 0.5) is 0 Å². The molecule has 0 aliphatic carbocycles. The van der Waals surface area contributed by atoms with Crippen LogP contribution in [-0.2, 0) is 6.42 Å². The quantitative estimate of drug-likeness (QED) is 0.835. The third-order valence-corrected chi connectivity index (χ3v) is 3.00. The molecule has 88 valence electrons. The standard InChI is InChI=1S/C13H18O3/c1-3-9-7-10-11(14)5-4-6-16-13(10)12(8-9)15-2/h7-8,11,14H,3-6H2,1-2H3/t11-/m1/s1. The molecule has 0 radical (unpaired) electrons. The summed E-state index contributed by atoms with van der Waals surface area (Å²) in [5.74, 6) is 1.44. The van der Waals surface area contributed by atoms with Gasteiger partial charge in [0.15, 0.2) is 11.5 Å². The minimum absolute atomic E-state index is 0.433. The maximum atomic E-state index is 10.0. The molecule has 3 nitrogen and oxygen atoms in total. The van der Waals surface area contributed by atoms with Crippen LogP contribution in [0.15, 0.2) is 12.1 Å². The summed E-state index contributed by atoms with van der Waals surface area (Å²) in [6, 6.07) is 4.00. The fourth-order valence-electron chi connectivity index (χ4n) is 2.05. The summed E-state index contributed by atoms with van der Waals surface area (Å²) in [5, 5.41) is 10.0. The van der Waals surface area contributed by atoms with Gasteiger partial charge in [0, 0.05) is 5.56 Å². The number of benzene rings is 1. The second kappa shape index (κ2) is 4.74. The van der Waals surface area contributed by atoms with Crippen molar-refractivity contribution in [2.24, 2.45) is 0 Å². The number of methoxy groups -OCH3 is 1. The molecule has 2 rings (SSSR count). The van der Waals surface area contributed by atoms with Gasteiger partial charge in [-0.25, -0.2) is 0 Å². The average Bonchev–Trinajstić information content (AvgIpc) is 2.50. The van der Waals surface area contributed by atoms with Crippen LogP contribution in [0.5, 0.6) is 11.5 Å². The fourth-order valence-corrected chi connectivity index (χ4v) is 2.05. The lowest BCUT2D eigenvalue weighted by Crippen LogP contribution is -2.01. The number of aliphatic hydroxyl groups excluding tert-OH is 1. The van der Waals surface area contributed by atoms with Gasteiger partial charge in [-0.1, -0.05) is 6.92 Å². The maximum Gasteiger partial charge on any atom is 0.166 e. The number of fused-ring (bicyclic) bond motifs is 1. The van der Waals surface area contributed by atoms with E-state index < -0.39 is 6.10 Å². The zero-order valence-corrected chi connectivity index (χ0v) is 9.82. The van der Waals surface area contributed by atoms with E-state index in [1.165, 1.54) is 5.56 Å². The Morgan fingerprint density at radius 2 is 2.31 bits per heavy atom. The molecule has 0 fully saturated rings. The van der Waals surface area contributed by atoms with Gasteiger partial charge in [-0.05, 0) is 37.0 Å². The van der Waals surface area contributed by atoms with Crippen molar-refractivity contribution in [2.75, 3.05) is 13.7 Å². The Morgan fingerprint density at radius 3 is 3.00 bits per heavy atom. The molecule has 0 saturated carbocycles. The first kappa shape index (κ1) is 11.3. The number of ether oxygens (including phenoxy) is 2. The van der Waals surface area contributed by atoms with Crippen molar-refractivity contribution in [1.29, 1.82) is 0 Å². The lowest BCUT2D eigenvalue weighted by molar-refractivity contribution is 0.167. The molecule has 0 bridgehead atoms. The molecule has 0 aromatic heterocycles. The van der Waals surface area contributed by atoms with Gasteiger partial charge in [-0.3, -0.25) is 0 Å². The van der Waals surface area contributed by atoms with Crippen molar-refractivity contribution in [3.05, 3.63) is 23.3 Å². The molecule has 0 unspecified atom stereocenters. The first-order valence-corrected chi connectivity index (χ1v) is 5.78. The van der Waals surface area contributed by atoms with E-state index in [1.807, 2.05) is 12.1 Å². The summed E-state index contributed by atoms with van der Waals surface area (Å²) in [7, 11) is 1.63. The molecule has 1 heterocycles. The molecule has 1 aromatic rings. The zero-order chi connectivity index (χ0) is 11.5. The summed E-state index contributed by atoms with van der Waals surface area (Å²) in [6.45, 7) is 2.73. The van der Waals surface area contributed by atoms with E-state index in [2.05, 4.69) is 6.92 Å². The zero-order valence-electron chi connectivity index (χ0n) is 9.82. The smallest absolute Gasteiger partial charge is 0.166 e. The summed E-state index contributed by atoms with van der Waals surface area (Å²) in [6.07, 6.45) is 2.12. The van der Waals surface area contributed by atoms with Gasteiger partial charge in [0.05, 0.1) is 19.8 Å². The highest BCUT2D eigenvalue weighted by atomic mass is 16.5. The largest absolute Gasteiger partial charge is 0.493 e. The van der Waals surface area contributed by atoms with E-state index in [1.54, 1.807) is 7.11 Å². The third kappa shape index (κ3) is 2.00. The van der Waals surface area contributed by atoms with Crippen LogP contribution >= 0.6 is 0 Å². The third-order valence-electron chi connectivity index (χ3n) is 3.00. The van der Waals surface area contributed by atoms with Crippen LogP contribution in [0, 0.1) is 0 Å². The molecule has 0 amide bonds. The molecule has 1 N–H and O–H groups in total. The van der Waals surface area contributed by atoms with Crippen molar-refractivity contribution < 1.29 is 14.6 Å². The summed E-state index contributed by atoms with van der Waals surface area (Å²) >= 11 is 0. The molecule has 1 aliphatic rings. The number of rotatable bonds is 2. The van der Waals surface area contributed by atoms with Crippen molar-refractivity contribution in [2.45, 2.75) is 32.3 Å². The van der Waals surface area contributed by atoms with Gasteiger partial charge in [0.1, 0.15) is 0 Å². The molecule has 3 heteroatoms. The van der Waals surface area contributed by atoms with Gasteiger partial charge >= 0.3 is 0 Å². The predicted molar refractivity (Wildman–Crippen MR) is 62.1 cm³/mol. The number of hydrogen-bond acceptors (Lipinski definition) is 3. The van der Waals surface area contributed by atoms with E-state index in [9.17, 15) is 5.11 Å². The molecule has 1 aliphatic heterocycles. The van der Waals surface area contributed by atoms with Gasteiger partial charge < -0.3 is 14.6 Å². The van der Waals surface area contributed by atoms with Crippen LogP contribution in [0.3, 0.4) is 0 Å². The van der Waals surface area contributed by atoms with Crippen molar-refractivity contribution in [3.8, 4) is 11.5 Å². The van der Waals surface area contributed by atoms with Crippen LogP contribution in [0.1, 0.15) is 37.0 Å². The van der Waals surface area contributed by atoms with Gasteiger partial charge in [-0.2, -0.15) is 0 Å². The highest BCUT2D eigenvalue weighted by Crippen LogP contribution is 2.39. The number of aliphatic hydroxyl groups is 1. The summed E-state index contributed by atoms with van der Waals surface area (Å²) < 4.78 is 11.0. The minimum atomic E-state index is -0.433. The lowest BCUT2D eigenvalue weighted by Gasteiger charge is -2.16. The first-order chi connectivity index (χ1) is 7.76. The Hall–Kier alpha value is -1.22. The van der Waals surface area contributed by atoms with Gasteiger partial charge in [0.2, 0.25) is 0 Å². The monoisotopic (exact) mass is 222 g/mol. The topological polar surface area (TPSA) is 38.7 Å². The first-order valence-electron chi connectivity index (χ1n) is 5.78. The highest BCUT2D eigenvalue weighted by Gasteiger charge is 2.21. The minimum Gasteiger partial charge on any atom is -0.493 e. The molecule has 0 saturated heterocycles. The van der Waals surface area contributed by atoms with E-state index in [-0.39, 0.29) is 0 Å². The lowest BCUT2D eigenvalue weighted by atomic mass is 10.0. The molecule has 1 atom stereocenters. The van der Waals surface area contributed by atoms with Crippen molar-refractivity contribution in [1.82, 2.24) is 0 Å². The van der Waals surface area contributed by atoms with E-state index in [4.69, 9.17) is 9.47 Å². The molecular formula is C13H18O3.